The highest BCUT2D eigenvalue weighted by molar-refractivity contribution is 5.74. The highest BCUT2D eigenvalue weighted by Crippen LogP contribution is 2.20. The van der Waals surface area contributed by atoms with Crippen LogP contribution in [0.25, 0.3) is 0 Å². The Hall–Kier alpha value is -1.75. The zero-order valence-electron chi connectivity index (χ0n) is 14.4. The number of benzene rings is 1. The van der Waals surface area contributed by atoms with Gasteiger partial charge >= 0.3 is 6.03 Å². The van der Waals surface area contributed by atoms with Crippen molar-refractivity contribution >= 4 is 6.03 Å². The van der Waals surface area contributed by atoms with Crippen LogP contribution in [0.1, 0.15) is 46.2 Å². The first kappa shape index (κ1) is 18.3. The third-order valence-electron chi connectivity index (χ3n) is 3.04. The Balaban J connectivity index is 2.68. The Kier molecular flexibility index (Phi) is 6.23. The van der Waals surface area contributed by atoms with Gasteiger partial charge in [-0.05, 0) is 52.3 Å². The van der Waals surface area contributed by atoms with E-state index in [4.69, 9.17) is 4.74 Å². The number of nitrogens with one attached hydrogen (secondary N) is 1. The molecule has 5 nitrogen and oxygen atoms in total. The molecule has 1 unspecified atom stereocenters. The molecule has 0 heterocycles. The first-order valence-electron chi connectivity index (χ1n) is 7.59. The fraction of sp³-hybridized carbons (Fsp3) is 0.588. The van der Waals surface area contributed by atoms with E-state index >= 15 is 0 Å². The van der Waals surface area contributed by atoms with Gasteiger partial charge in [-0.15, -0.1) is 0 Å². The summed E-state index contributed by atoms with van der Waals surface area (Å²) in [6.45, 7) is 9.49. The number of carbonyl (C=O) groups excluding carboxylic acids is 1. The minimum Gasteiger partial charge on any atom is -0.491 e. The number of hydrogen-bond donors (Lipinski definition) is 2. The van der Waals surface area contributed by atoms with E-state index in [0.29, 0.717) is 0 Å². The average molecular weight is 308 g/mol. The maximum absolute atomic E-state index is 12.1. The first-order valence-corrected chi connectivity index (χ1v) is 7.59. The molecule has 1 atom stereocenters. The summed E-state index contributed by atoms with van der Waals surface area (Å²) in [5.74, 6) is 0.790. The van der Waals surface area contributed by atoms with Crippen LogP contribution in [0.5, 0.6) is 5.75 Å². The lowest BCUT2D eigenvalue weighted by molar-refractivity contribution is 0.0528. The summed E-state index contributed by atoms with van der Waals surface area (Å²) in [4.78, 5) is 13.6. The standard InChI is InChI=1S/C17H28N2O3/c1-12(2)22-15-9-7-8-14(10-15)13(3)18-16(20)19(6)11-17(4,5)21/h7-10,12-13,21H,11H2,1-6H3,(H,18,20). The minimum atomic E-state index is -0.916. The summed E-state index contributed by atoms with van der Waals surface area (Å²) < 4.78 is 5.67. The number of urea groups is 1. The highest BCUT2D eigenvalue weighted by atomic mass is 16.5. The van der Waals surface area contributed by atoms with Gasteiger partial charge in [-0.2, -0.15) is 0 Å². The molecule has 0 spiro atoms. The molecule has 5 heteroatoms. The van der Waals surface area contributed by atoms with Crippen molar-refractivity contribution < 1.29 is 14.6 Å². The van der Waals surface area contributed by atoms with E-state index in [1.54, 1.807) is 20.9 Å². The first-order chi connectivity index (χ1) is 10.1. The van der Waals surface area contributed by atoms with Crippen molar-refractivity contribution in [1.82, 2.24) is 10.2 Å². The van der Waals surface area contributed by atoms with Gasteiger partial charge in [0.2, 0.25) is 0 Å². The van der Waals surface area contributed by atoms with E-state index in [2.05, 4.69) is 5.32 Å². The van der Waals surface area contributed by atoms with Gasteiger partial charge in [0, 0.05) is 7.05 Å². The molecule has 0 aromatic heterocycles. The molecule has 0 saturated heterocycles. The Labute approximate surface area is 133 Å². The zero-order valence-corrected chi connectivity index (χ0v) is 14.4. The molecular formula is C17H28N2O3. The summed E-state index contributed by atoms with van der Waals surface area (Å²) in [6, 6.07) is 7.33. The Morgan fingerprint density at radius 3 is 2.55 bits per heavy atom. The molecule has 0 fully saturated rings. The average Bonchev–Trinajstić information content (AvgIpc) is 2.36. The topological polar surface area (TPSA) is 61.8 Å². The fourth-order valence-corrected chi connectivity index (χ4v) is 2.16. The third-order valence-corrected chi connectivity index (χ3v) is 3.04. The number of aliphatic hydroxyl groups is 1. The lowest BCUT2D eigenvalue weighted by Gasteiger charge is -2.27. The molecule has 2 N–H and O–H groups in total. The molecular weight excluding hydrogens is 280 g/mol. The number of carbonyl (C=O) groups is 1. The fourth-order valence-electron chi connectivity index (χ4n) is 2.16. The van der Waals surface area contributed by atoms with Crippen LogP contribution in [0.2, 0.25) is 0 Å². The number of likely N-dealkylation sites (N-methyl/N-ethyl adjacent to an activating group) is 1. The van der Waals surface area contributed by atoms with Gasteiger partial charge in [0.1, 0.15) is 5.75 Å². The smallest absolute Gasteiger partial charge is 0.317 e. The summed E-state index contributed by atoms with van der Waals surface area (Å²) in [7, 11) is 1.66. The Morgan fingerprint density at radius 2 is 2.00 bits per heavy atom. The van der Waals surface area contributed by atoms with Gasteiger partial charge in [0.25, 0.3) is 0 Å². The maximum atomic E-state index is 12.1. The van der Waals surface area contributed by atoms with E-state index in [-0.39, 0.29) is 24.7 Å². The van der Waals surface area contributed by atoms with Crippen molar-refractivity contribution in [3.63, 3.8) is 0 Å². The predicted molar refractivity (Wildman–Crippen MR) is 88.1 cm³/mol. The molecule has 0 aliphatic heterocycles. The molecule has 1 aromatic carbocycles. The summed E-state index contributed by atoms with van der Waals surface area (Å²) in [5.41, 5.74) is 0.0588. The molecule has 1 aromatic rings. The monoisotopic (exact) mass is 308 g/mol. The summed E-state index contributed by atoms with van der Waals surface area (Å²) in [5, 5.41) is 12.7. The third kappa shape index (κ3) is 6.35. The van der Waals surface area contributed by atoms with Crippen LogP contribution in [0.15, 0.2) is 24.3 Å². The molecule has 1 rings (SSSR count). The SMILES string of the molecule is CC(C)Oc1cccc(C(C)NC(=O)N(C)CC(C)(C)O)c1. The van der Waals surface area contributed by atoms with Crippen LogP contribution in [-0.2, 0) is 0 Å². The number of rotatable bonds is 6. The highest BCUT2D eigenvalue weighted by Gasteiger charge is 2.20. The van der Waals surface area contributed by atoms with Crippen LogP contribution < -0.4 is 10.1 Å². The van der Waals surface area contributed by atoms with E-state index in [0.717, 1.165) is 11.3 Å². The summed E-state index contributed by atoms with van der Waals surface area (Å²) >= 11 is 0. The largest absolute Gasteiger partial charge is 0.491 e. The maximum Gasteiger partial charge on any atom is 0.317 e. The van der Waals surface area contributed by atoms with Gasteiger partial charge in [-0.3, -0.25) is 0 Å². The van der Waals surface area contributed by atoms with Crippen molar-refractivity contribution in [2.24, 2.45) is 0 Å². The predicted octanol–water partition coefficient (Wildman–Crippen LogP) is 2.95. The Morgan fingerprint density at radius 1 is 1.36 bits per heavy atom. The van der Waals surface area contributed by atoms with Crippen molar-refractivity contribution in [3.8, 4) is 5.75 Å². The minimum absolute atomic E-state index is 0.109. The van der Waals surface area contributed by atoms with Gasteiger partial charge in [-0.1, -0.05) is 12.1 Å². The molecule has 124 valence electrons. The number of nitrogens with zero attached hydrogens (tertiary/aromatic N) is 1. The molecule has 0 saturated carbocycles. The van der Waals surface area contributed by atoms with E-state index in [9.17, 15) is 9.90 Å². The van der Waals surface area contributed by atoms with Gasteiger partial charge in [0.15, 0.2) is 0 Å². The molecule has 0 radical (unpaired) electrons. The second kappa shape index (κ2) is 7.49. The van der Waals surface area contributed by atoms with Gasteiger partial charge in [0.05, 0.1) is 24.3 Å². The lowest BCUT2D eigenvalue weighted by atomic mass is 10.1. The lowest BCUT2D eigenvalue weighted by Crippen LogP contribution is -2.45. The zero-order chi connectivity index (χ0) is 16.9. The number of hydrogen-bond acceptors (Lipinski definition) is 3. The van der Waals surface area contributed by atoms with Crippen molar-refractivity contribution in [3.05, 3.63) is 29.8 Å². The molecule has 22 heavy (non-hydrogen) atoms. The second-order valence-electron chi connectivity index (χ2n) is 6.58. The van der Waals surface area contributed by atoms with Crippen molar-refractivity contribution in [1.29, 1.82) is 0 Å². The number of ether oxygens (including phenoxy) is 1. The molecule has 0 bridgehead atoms. The van der Waals surface area contributed by atoms with Crippen LogP contribution >= 0.6 is 0 Å². The second-order valence-corrected chi connectivity index (χ2v) is 6.58. The molecule has 0 aliphatic rings. The Bertz CT molecular complexity index is 495. The quantitative estimate of drug-likeness (QED) is 0.849. The van der Waals surface area contributed by atoms with Crippen molar-refractivity contribution in [2.75, 3.05) is 13.6 Å². The van der Waals surface area contributed by atoms with E-state index in [1.165, 1.54) is 4.90 Å². The van der Waals surface area contributed by atoms with Gasteiger partial charge < -0.3 is 20.1 Å². The van der Waals surface area contributed by atoms with E-state index in [1.807, 2.05) is 45.0 Å². The molecule has 2 amide bonds. The van der Waals surface area contributed by atoms with Crippen molar-refractivity contribution in [2.45, 2.75) is 52.4 Å². The van der Waals surface area contributed by atoms with Crippen LogP contribution in [0, 0.1) is 0 Å². The van der Waals surface area contributed by atoms with Crippen LogP contribution in [-0.4, -0.2) is 41.3 Å². The number of amides is 2. The summed E-state index contributed by atoms with van der Waals surface area (Å²) in [6.07, 6.45) is 0.109. The van der Waals surface area contributed by atoms with E-state index < -0.39 is 5.60 Å². The van der Waals surface area contributed by atoms with Crippen LogP contribution in [0.3, 0.4) is 0 Å². The normalized spacial score (nSPS) is 12.9. The van der Waals surface area contributed by atoms with Gasteiger partial charge in [-0.25, -0.2) is 4.79 Å². The van der Waals surface area contributed by atoms with Crippen LogP contribution in [0.4, 0.5) is 4.79 Å². The molecule has 0 aliphatic carbocycles.